The minimum Gasteiger partial charge on any atom is -0.460 e. The highest BCUT2D eigenvalue weighted by Crippen LogP contribution is 2.55. The first-order valence-corrected chi connectivity index (χ1v) is 9.62. The second-order valence-corrected chi connectivity index (χ2v) is 9.80. The van der Waals surface area contributed by atoms with Crippen molar-refractivity contribution in [2.24, 2.45) is 29.6 Å². The maximum atomic E-state index is 12.8. The number of hydrogen-bond donors (Lipinski definition) is 1. The molecule has 136 valence electrons. The Morgan fingerprint density at radius 2 is 1.42 bits per heavy atom. The Hall–Kier alpha value is -1.06. The monoisotopic (exact) mass is 335 g/mol. The van der Waals surface area contributed by atoms with Crippen molar-refractivity contribution in [1.29, 1.82) is 0 Å². The van der Waals surface area contributed by atoms with Gasteiger partial charge in [0.15, 0.2) is 0 Å². The van der Waals surface area contributed by atoms with Gasteiger partial charge in [0.2, 0.25) is 5.91 Å². The van der Waals surface area contributed by atoms with E-state index in [1.54, 1.807) is 6.92 Å². The molecule has 4 saturated carbocycles. The molecule has 24 heavy (non-hydrogen) atoms. The Labute approximate surface area is 146 Å². The van der Waals surface area contributed by atoms with E-state index in [1.165, 1.54) is 19.3 Å². The lowest BCUT2D eigenvalue weighted by atomic mass is 9.53. The lowest BCUT2D eigenvalue weighted by Crippen LogP contribution is -2.61. The van der Waals surface area contributed by atoms with Gasteiger partial charge >= 0.3 is 5.97 Å². The molecule has 0 aromatic rings. The largest absolute Gasteiger partial charge is 0.460 e. The fourth-order valence-electron chi connectivity index (χ4n) is 5.46. The molecule has 4 heteroatoms. The first-order chi connectivity index (χ1) is 11.1. The zero-order chi connectivity index (χ0) is 17.7. The molecule has 4 bridgehead atoms. The van der Waals surface area contributed by atoms with E-state index in [9.17, 15) is 9.59 Å². The van der Waals surface area contributed by atoms with Crippen molar-refractivity contribution in [2.45, 2.75) is 84.3 Å². The zero-order valence-corrected chi connectivity index (χ0v) is 15.9. The van der Waals surface area contributed by atoms with Crippen molar-refractivity contribution in [2.75, 3.05) is 0 Å². The Morgan fingerprint density at radius 3 is 1.83 bits per heavy atom. The minimum absolute atomic E-state index is 0.00768. The molecular formula is C20H33NO3. The van der Waals surface area contributed by atoms with Crippen molar-refractivity contribution in [3.05, 3.63) is 0 Å². The molecule has 0 radical (unpaired) electrons. The van der Waals surface area contributed by atoms with Gasteiger partial charge in [-0.2, -0.15) is 0 Å². The van der Waals surface area contributed by atoms with Crippen molar-refractivity contribution >= 4 is 11.9 Å². The summed E-state index contributed by atoms with van der Waals surface area (Å²) in [5.74, 6) is 1.37. The van der Waals surface area contributed by atoms with Gasteiger partial charge in [-0.25, -0.2) is 0 Å². The second-order valence-electron chi connectivity index (χ2n) is 9.80. The summed E-state index contributed by atoms with van der Waals surface area (Å²) in [7, 11) is 0. The van der Waals surface area contributed by atoms with Crippen LogP contribution in [-0.4, -0.2) is 23.0 Å². The molecule has 4 aliphatic rings. The van der Waals surface area contributed by atoms with Crippen molar-refractivity contribution in [3.63, 3.8) is 0 Å². The van der Waals surface area contributed by atoms with Gasteiger partial charge in [-0.05, 0) is 77.0 Å². The van der Waals surface area contributed by atoms with Gasteiger partial charge < -0.3 is 10.1 Å². The lowest BCUT2D eigenvalue weighted by Gasteiger charge is -2.57. The fraction of sp³-hybridized carbons (Fsp3) is 0.900. The van der Waals surface area contributed by atoms with E-state index < -0.39 is 11.5 Å². The molecule has 0 aromatic heterocycles. The molecule has 0 spiro atoms. The number of esters is 1. The van der Waals surface area contributed by atoms with Crippen LogP contribution in [0.25, 0.3) is 0 Å². The summed E-state index contributed by atoms with van der Waals surface area (Å²) in [4.78, 5) is 25.1. The molecular weight excluding hydrogens is 302 g/mol. The van der Waals surface area contributed by atoms with E-state index in [0.29, 0.717) is 0 Å². The Kier molecular flexibility index (Phi) is 4.46. The highest BCUT2D eigenvalue weighted by atomic mass is 16.6. The second kappa shape index (κ2) is 6.03. The SMILES string of the molecule is CC(C(=O)NC12CC3CC(CC(C3)C1)C2)C(C)C(=O)OC(C)(C)C. The van der Waals surface area contributed by atoms with Gasteiger partial charge in [-0.3, -0.25) is 9.59 Å². The molecule has 4 fully saturated rings. The Morgan fingerprint density at radius 1 is 0.958 bits per heavy atom. The normalized spacial score (nSPS) is 37.0. The number of carbonyl (C=O) groups excluding carboxylic acids is 2. The highest BCUT2D eigenvalue weighted by molar-refractivity contribution is 5.85. The van der Waals surface area contributed by atoms with Gasteiger partial charge in [0.05, 0.1) is 5.92 Å². The quantitative estimate of drug-likeness (QED) is 0.797. The van der Waals surface area contributed by atoms with Gasteiger partial charge in [-0.15, -0.1) is 0 Å². The van der Waals surface area contributed by atoms with Crippen LogP contribution in [0.15, 0.2) is 0 Å². The van der Waals surface area contributed by atoms with Crippen LogP contribution in [-0.2, 0) is 14.3 Å². The third-order valence-corrected chi connectivity index (χ3v) is 6.37. The van der Waals surface area contributed by atoms with Crippen molar-refractivity contribution in [3.8, 4) is 0 Å². The Bertz CT molecular complexity index is 484. The molecule has 4 aliphatic carbocycles. The van der Waals surface area contributed by atoms with E-state index in [-0.39, 0.29) is 23.3 Å². The third-order valence-electron chi connectivity index (χ3n) is 6.37. The highest BCUT2D eigenvalue weighted by Gasteiger charge is 2.52. The number of rotatable bonds is 4. The first kappa shape index (κ1) is 17.8. The molecule has 0 aromatic carbocycles. The van der Waals surface area contributed by atoms with E-state index in [1.807, 2.05) is 27.7 Å². The molecule has 0 heterocycles. The molecule has 4 nitrogen and oxygen atoms in total. The molecule has 0 saturated heterocycles. The number of hydrogen-bond acceptors (Lipinski definition) is 3. The number of nitrogens with one attached hydrogen (secondary N) is 1. The summed E-state index contributed by atoms with van der Waals surface area (Å²) >= 11 is 0. The fourth-order valence-corrected chi connectivity index (χ4v) is 5.46. The zero-order valence-electron chi connectivity index (χ0n) is 15.9. The average Bonchev–Trinajstić information content (AvgIpc) is 2.41. The summed E-state index contributed by atoms with van der Waals surface area (Å²) in [5, 5.41) is 3.38. The van der Waals surface area contributed by atoms with Gasteiger partial charge in [0.25, 0.3) is 0 Å². The van der Waals surface area contributed by atoms with Crippen LogP contribution in [0.5, 0.6) is 0 Å². The molecule has 0 aliphatic heterocycles. The summed E-state index contributed by atoms with van der Waals surface area (Å²) in [6.45, 7) is 9.23. The minimum atomic E-state index is -0.512. The summed E-state index contributed by atoms with van der Waals surface area (Å²) in [6.07, 6.45) is 7.49. The van der Waals surface area contributed by atoms with Gasteiger partial charge in [0.1, 0.15) is 5.60 Å². The smallest absolute Gasteiger partial charge is 0.309 e. The number of carbonyl (C=O) groups is 2. The summed E-state index contributed by atoms with van der Waals surface area (Å²) < 4.78 is 5.45. The van der Waals surface area contributed by atoms with E-state index in [4.69, 9.17) is 4.74 Å². The van der Waals surface area contributed by atoms with Crippen LogP contribution in [0.3, 0.4) is 0 Å². The third kappa shape index (κ3) is 3.62. The predicted octanol–water partition coefficient (Wildman–Crippen LogP) is 3.69. The van der Waals surface area contributed by atoms with Crippen LogP contribution in [0, 0.1) is 29.6 Å². The summed E-state index contributed by atoms with van der Waals surface area (Å²) in [6, 6.07) is 0. The Balaban J connectivity index is 1.61. The van der Waals surface area contributed by atoms with E-state index in [0.717, 1.165) is 37.0 Å². The van der Waals surface area contributed by atoms with Crippen LogP contribution in [0.2, 0.25) is 0 Å². The van der Waals surface area contributed by atoms with Gasteiger partial charge in [-0.1, -0.05) is 13.8 Å². The molecule has 1 N–H and O–H groups in total. The molecule has 4 rings (SSSR count). The predicted molar refractivity (Wildman–Crippen MR) is 93.2 cm³/mol. The van der Waals surface area contributed by atoms with Crippen LogP contribution in [0.4, 0.5) is 0 Å². The standard InChI is InChI=1S/C20H33NO3/c1-12(13(2)18(23)24-19(3,4)5)17(22)21-20-9-14-6-15(10-20)8-16(7-14)11-20/h12-16H,6-11H2,1-5H3,(H,21,22). The lowest BCUT2D eigenvalue weighted by molar-refractivity contribution is -0.163. The van der Waals surface area contributed by atoms with Crippen LogP contribution < -0.4 is 5.32 Å². The van der Waals surface area contributed by atoms with Crippen LogP contribution in [0.1, 0.15) is 73.1 Å². The van der Waals surface area contributed by atoms with Gasteiger partial charge in [0, 0.05) is 11.5 Å². The first-order valence-electron chi connectivity index (χ1n) is 9.62. The number of ether oxygens (including phenoxy) is 1. The van der Waals surface area contributed by atoms with Crippen molar-refractivity contribution < 1.29 is 14.3 Å². The molecule has 2 atom stereocenters. The molecule has 1 amide bonds. The maximum Gasteiger partial charge on any atom is 0.309 e. The molecule has 2 unspecified atom stereocenters. The van der Waals surface area contributed by atoms with E-state index >= 15 is 0 Å². The van der Waals surface area contributed by atoms with E-state index in [2.05, 4.69) is 5.32 Å². The van der Waals surface area contributed by atoms with Crippen LogP contribution >= 0.6 is 0 Å². The average molecular weight is 335 g/mol. The topological polar surface area (TPSA) is 55.4 Å². The maximum absolute atomic E-state index is 12.8. The number of amides is 1. The van der Waals surface area contributed by atoms with Crippen molar-refractivity contribution in [1.82, 2.24) is 5.32 Å². The summed E-state index contributed by atoms with van der Waals surface area (Å²) in [5.41, 5.74) is -0.505.